The van der Waals surface area contributed by atoms with Gasteiger partial charge in [0, 0.05) is 18.2 Å². The maximum atomic E-state index is 10.8. The third-order valence-corrected chi connectivity index (χ3v) is 4.38. The Kier molecular flexibility index (Phi) is 2.91. The summed E-state index contributed by atoms with van der Waals surface area (Å²) in [6.07, 6.45) is 1.92. The zero-order valence-corrected chi connectivity index (χ0v) is 10.2. The van der Waals surface area contributed by atoms with Gasteiger partial charge in [-0.1, -0.05) is 26.0 Å². The minimum atomic E-state index is -0.342. The normalized spacial score (nSPS) is 31.9. The lowest BCUT2D eigenvalue weighted by Gasteiger charge is -2.52. The van der Waals surface area contributed by atoms with Crippen LogP contribution in [0.3, 0.4) is 0 Å². The summed E-state index contributed by atoms with van der Waals surface area (Å²) >= 11 is 0. The highest BCUT2D eigenvalue weighted by atomic mass is 16.6. The van der Waals surface area contributed by atoms with E-state index in [1.165, 1.54) is 6.07 Å². The van der Waals surface area contributed by atoms with Crippen LogP contribution in [0.2, 0.25) is 0 Å². The highest BCUT2D eigenvalue weighted by Gasteiger charge is 2.48. The number of nitro groups is 1. The predicted molar refractivity (Wildman–Crippen MR) is 66.8 cm³/mol. The summed E-state index contributed by atoms with van der Waals surface area (Å²) in [6, 6.07) is 7.15. The molecule has 1 aromatic rings. The molecule has 1 saturated carbocycles. The molecule has 3 unspecified atom stereocenters. The van der Waals surface area contributed by atoms with Crippen LogP contribution in [0.4, 0.5) is 5.69 Å². The Bertz CT molecular complexity index is 447. The second-order valence-electron chi connectivity index (χ2n) is 5.11. The first-order valence-corrected chi connectivity index (χ1v) is 5.99. The van der Waals surface area contributed by atoms with Crippen molar-refractivity contribution in [3.63, 3.8) is 0 Å². The van der Waals surface area contributed by atoms with Gasteiger partial charge >= 0.3 is 0 Å². The molecule has 3 atom stereocenters. The molecule has 0 spiro atoms. The third-order valence-electron chi connectivity index (χ3n) is 4.38. The molecule has 0 saturated heterocycles. The van der Waals surface area contributed by atoms with Crippen LogP contribution in [0.5, 0.6) is 0 Å². The van der Waals surface area contributed by atoms with Crippen molar-refractivity contribution >= 4 is 5.69 Å². The van der Waals surface area contributed by atoms with E-state index in [1.54, 1.807) is 12.1 Å². The molecule has 17 heavy (non-hydrogen) atoms. The van der Waals surface area contributed by atoms with E-state index < -0.39 is 0 Å². The fourth-order valence-corrected chi connectivity index (χ4v) is 2.77. The predicted octanol–water partition coefficient (Wildman–Crippen LogP) is 2.83. The first kappa shape index (κ1) is 12.0. The van der Waals surface area contributed by atoms with Crippen LogP contribution < -0.4 is 5.73 Å². The monoisotopic (exact) mass is 234 g/mol. The zero-order valence-electron chi connectivity index (χ0n) is 10.2. The van der Waals surface area contributed by atoms with Gasteiger partial charge in [0.15, 0.2) is 0 Å². The lowest BCUT2D eigenvalue weighted by Crippen LogP contribution is -2.54. The van der Waals surface area contributed by atoms with Gasteiger partial charge in [-0.05, 0) is 29.7 Å². The van der Waals surface area contributed by atoms with E-state index >= 15 is 0 Å². The van der Waals surface area contributed by atoms with E-state index in [-0.39, 0.29) is 22.1 Å². The van der Waals surface area contributed by atoms with Crippen LogP contribution in [0.25, 0.3) is 0 Å². The Balaban J connectivity index is 2.30. The number of hydrogen-bond donors (Lipinski definition) is 1. The SMILES string of the molecule is CCC1(C)C(N)CC1c1cccc([N+](=O)[O-])c1. The van der Waals surface area contributed by atoms with Crippen LogP contribution >= 0.6 is 0 Å². The van der Waals surface area contributed by atoms with Gasteiger partial charge in [0.2, 0.25) is 0 Å². The van der Waals surface area contributed by atoms with Crippen LogP contribution in [0.1, 0.15) is 38.2 Å². The summed E-state index contributed by atoms with van der Waals surface area (Å²) in [5.74, 6) is 0.349. The minimum absolute atomic E-state index is 0.0786. The molecule has 0 bridgehead atoms. The largest absolute Gasteiger partial charge is 0.327 e. The quantitative estimate of drug-likeness (QED) is 0.645. The van der Waals surface area contributed by atoms with Gasteiger partial charge in [0.1, 0.15) is 0 Å². The Morgan fingerprint density at radius 1 is 1.59 bits per heavy atom. The van der Waals surface area contributed by atoms with E-state index in [0.29, 0.717) is 5.92 Å². The van der Waals surface area contributed by atoms with Gasteiger partial charge in [-0.15, -0.1) is 0 Å². The Hall–Kier alpha value is -1.42. The molecular formula is C13H18N2O2. The van der Waals surface area contributed by atoms with E-state index in [4.69, 9.17) is 5.73 Å². The standard InChI is InChI=1S/C13H18N2O2/c1-3-13(2)11(8-12(13)14)9-5-4-6-10(7-9)15(16)17/h4-7,11-12H,3,8,14H2,1-2H3. The number of nitrogens with zero attached hydrogens (tertiary/aromatic N) is 1. The van der Waals surface area contributed by atoms with Crippen molar-refractivity contribution in [2.24, 2.45) is 11.1 Å². The Morgan fingerprint density at radius 3 is 2.82 bits per heavy atom. The highest BCUT2D eigenvalue weighted by Crippen LogP contribution is 2.54. The molecule has 2 rings (SSSR count). The number of nitro benzene ring substituents is 1. The molecule has 0 aliphatic heterocycles. The molecular weight excluding hydrogens is 216 g/mol. The summed E-state index contributed by atoms with van der Waals surface area (Å²) in [4.78, 5) is 10.4. The average molecular weight is 234 g/mol. The summed E-state index contributed by atoms with van der Waals surface area (Å²) < 4.78 is 0. The smallest absolute Gasteiger partial charge is 0.269 e. The summed E-state index contributed by atoms with van der Waals surface area (Å²) in [5, 5.41) is 10.8. The molecule has 4 nitrogen and oxygen atoms in total. The molecule has 92 valence electrons. The van der Waals surface area contributed by atoms with Crippen molar-refractivity contribution in [1.29, 1.82) is 0 Å². The van der Waals surface area contributed by atoms with Crippen LogP contribution in [0, 0.1) is 15.5 Å². The number of hydrogen-bond acceptors (Lipinski definition) is 3. The molecule has 1 aromatic carbocycles. The highest BCUT2D eigenvalue weighted by molar-refractivity contribution is 5.38. The molecule has 1 fully saturated rings. The zero-order chi connectivity index (χ0) is 12.6. The maximum absolute atomic E-state index is 10.8. The first-order chi connectivity index (χ1) is 7.99. The van der Waals surface area contributed by atoms with E-state index in [0.717, 1.165) is 18.4 Å². The molecule has 0 amide bonds. The molecule has 0 heterocycles. The van der Waals surface area contributed by atoms with Gasteiger partial charge in [-0.2, -0.15) is 0 Å². The van der Waals surface area contributed by atoms with Gasteiger partial charge < -0.3 is 5.73 Å². The molecule has 4 heteroatoms. The van der Waals surface area contributed by atoms with Gasteiger partial charge in [0.05, 0.1) is 4.92 Å². The molecule has 0 radical (unpaired) electrons. The topological polar surface area (TPSA) is 69.2 Å². The van der Waals surface area contributed by atoms with E-state index in [9.17, 15) is 10.1 Å². The number of benzene rings is 1. The van der Waals surface area contributed by atoms with E-state index in [1.807, 2.05) is 6.07 Å². The van der Waals surface area contributed by atoms with Gasteiger partial charge in [-0.25, -0.2) is 0 Å². The third kappa shape index (κ3) is 1.82. The van der Waals surface area contributed by atoms with E-state index in [2.05, 4.69) is 13.8 Å². The molecule has 1 aliphatic rings. The van der Waals surface area contributed by atoms with Gasteiger partial charge in [-0.3, -0.25) is 10.1 Å². The summed E-state index contributed by atoms with van der Waals surface area (Å²) in [6.45, 7) is 4.30. The molecule has 1 aliphatic carbocycles. The van der Waals surface area contributed by atoms with Crippen molar-refractivity contribution in [3.8, 4) is 0 Å². The minimum Gasteiger partial charge on any atom is -0.327 e. The fourth-order valence-electron chi connectivity index (χ4n) is 2.77. The molecule has 0 aromatic heterocycles. The second kappa shape index (κ2) is 4.11. The first-order valence-electron chi connectivity index (χ1n) is 5.99. The number of nitrogens with two attached hydrogens (primary N) is 1. The maximum Gasteiger partial charge on any atom is 0.269 e. The van der Waals surface area contributed by atoms with Crippen LogP contribution in [-0.4, -0.2) is 11.0 Å². The van der Waals surface area contributed by atoms with Crippen molar-refractivity contribution in [1.82, 2.24) is 0 Å². The Labute approximate surface area is 101 Å². The lowest BCUT2D eigenvalue weighted by molar-refractivity contribution is -0.385. The summed E-state index contributed by atoms with van der Waals surface area (Å²) in [5.41, 5.74) is 7.35. The van der Waals surface area contributed by atoms with Crippen LogP contribution in [0.15, 0.2) is 24.3 Å². The van der Waals surface area contributed by atoms with Crippen molar-refractivity contribution < 1.29 is 4.92 Å². The van der Waals surface area contributed by atoms with Gasteiger partial charge in [0.25, 0.3) is 5.69 Å². The lowest BCUT2D eigenvalue weighted by atomic mass is 9.54. The number of non-ortho nitro benzene ring substituents is 1. The molecule has 2 N–H and O–H groups in total. The fraction of sp³-hybridized carbons (Fsp3) is 0.538. The number of rotatable bonds is 3. The second-order valence-corrected chi connectivity index (χ2v) is 5.11. The van der Waals surface area contributed by atoms with Crippen molar-refractivity contribution in [2.75, 3.05) is 0 Å². The average Bonchev–Trinajstić information content (AvgIpc) is 2.34. The van der Waals surface area contributed by atoms with Crippen molar-refractivity contribution in [3.05, 3.63) is 39.9 Å². The summed E-state index contributed by atoms with van der Waals surface area (Å²) in [7, 11) is 0. The Morgan fingerprint density at radius 2 is 2.29 bits per heavy atom. The van der Waals surface area contributed by atoms with Crippen molar-refractivity contribution in [2.45, 2.75) is 38.6 Å². The van der Waals surface area contributed by atoms with Crippen LogP contribution in [-0.2, 0) is 0 Å².